The smallest absolute Gasteiger partial charge is 0.259 e. The van der Waals surface area contributed by atoms with Crippen molar-refractivity contribution in [2.24, 2.45) is 0 Å². The van der Waals surface area contributed by atoms with E-state index in [1.165, 1.54) is 18.2 Å². The SMILES string of the molecule is CC1(C)Cc2c(Br)c(F)cc(C(=O)Nc3c(F)cccc3Cl)c2O1. The highest BCUT2D eigenvalue weighted by atomic mass is 79.9. The molecule has 0 fully saturated rings. The molecule has 0 atom stereocenters. The molecule has 7 heteroatoms. The second-order valence-electron chi connectivity index (χ2n) is 6.12. The molecular weight excluding hydrogens is 404 g/mol. The van der Waals surface area contributed by atoms with E-state index in [9.17, 15) is 13.6 Å². The first-order valence-corrected chi connectivity index (χ1v) is 8.32. The molecule has 3 nitrogen and oxygen atoms in total. The number of nitrogens with one attached hydrogen (secondary N) is 1. The number of amides is 1. The fraction of sp³-hybridized carbons (Fsp3) is 0.235. The number of halogens is 4. The second-order valence-corrected chi connectivity index (χ2v) is 7.32. The monoisotopic (exact) mass is 415 g/mol. The van der Waals surface area contributed by atoms with Gasteiger partial charge in [0.2, 0.25) is 0 Å². The molecule has 0 unspecified atom stereocenters. The number of ether oxygens (including phenoxy) is 1. The molecule has 24 heavy (non-hydrogen) atoms. The molecule has 0 spiro atoms. The number of fused-ring (bicyclic) bond motifs is 1. The lowest BCUT2D eigenvalue weighted by Crippen LogP contribution is -2.25. The van der Waals surface area contributed by atoms with E-state index in [0.717, 1.165) is 6.07 Å². The molecular formula is C17H13BrClF2NO2. The summed E-state index contributed by atoms with van der Waals surface area (Å²) in [4.78, 5) is 12.6. The van der Waals surface area contributed by atoms with Crippen molar-refractivity contribution >= 4 is 39.1 Å². The van der Waals surface area contributed by atoms with Gasteiger partial charge in [0.1, 0.15) is 23.0 Å². The Morgan fingerprint density at radius 1 is 1.33 bits per heavy atom. The minimum absolute atomic E-state index is 0.00408. The number of carbonyl (C=O) groups is 1. The van der Waals surface area contributed by atoms with Crippen LogP contribution in [0, 0.1) is 11.6 Å². The van der Waals surface area contributed by atoms with Crippen LogP contribution < -0.4 is 10.1 Å². The van der Waals surface area contributed by atoms with Crippen LogP contribution in [-0.2, 0) is 6.42 Å². The number of benzene rings is 2. The van der Waals surface area contributed by atoms with Crippen molar-refractivity contribution in [2.45, 2.75) is 25.9 Å². The predicted molar refractivity (Wildman–Crippen MR) is 91.9 cm³/mol. The summed E-state index contributed by atoms with van der Waals surface area (Å²) < 4.78 is 34.1. The Morgan fingerprint density at radius 3 is 2.71 bits per heavy atom. The van der Waals surface area contributed by atoms with E-state index in [-0.39, 0.29) is 20.7 Å². The summed E-state index contributed by atoms with van der Waals surface area (Å²) in [5.74, 6) is -1.66. The van der Waals surface area contributed by atoms with Crippen molar-refractivity contribution in [3.05, 3.63) is 56.5 Å². The Kier molecular flexibility index (Phi) is 4.30. The first-order valence-electron chi connectivity index (χ1n) is 7.15. The highest BCUT2D eigenvalue weighted by molar-refractivity contribution is 9.10. The third kappa shape index (κ3) is 3.00. The van der Waals surface area contributed by atoms with Gasteiger partial charge in [0.25, 0.3) is 5.91 Å². The number of anilines is 1. The molecule has 2 aromatic rings. The Hall–Kier alpha value is -1.66. The third-order valence-electron chi connectivity index (χ3n) is 3.69. The Labute approximate surface area is 151 Å². The summed E-state index contributed by atoms with van der Waals surface area (Å²) in [7, 11) is 0. The molecule has 0 bridgehead atoms. The second kappa shape index (κ2) is 6.01. The predicted octanol–water partition coefficient (Wildman–Crippen LogP) is 5.35. The quantitative estimate of drug-likeness (QED) is 0.717. The Balaban J connectivity index is 2.03. The molecule has 0 aliphatic carbocycles. The van der Waals surface area contributed by atoms with E-state index in [2.05, 4.69) is 21.2 Å². The largest absolute Gasteiger partial charge is 0.486 e. The van der Waals surface area contributed by atoms with Crippen molar-refractivity contribution in [3.8, 4) is 5.75 Å². The Morgan fingerprint density at radius 2 is 2.04 bits per heavy atom. The van der Waals surface area contributed by atoms with Gasteiger partial charge in [0.15, 0.2) is 0 Å². The summed E-state index contributed by atoms with van der Waals surface area (Å²) in [6.07, 6.45) is 0.446. The maximum atomic E-state index is 14.2. The summed E-state index contributed by atoms with van der Waals surface area (Å²) in [5.41, 5.74) is -0.151. The molecule has 1 heterocycles. The van der Waals surface area contributed by atoms with Gasteiger partial charge in [0.05, 0.1) is 20.7 Å². The standard InChI is InChI=1S/C17H13BrClF2NO2/c1-17(2)7-9-13(18)12(21)6-8(15(9)24-17)16(23)22-14-10(19)4-3-5-11(14)20/h3-6H,7H2,1-2H3,(H,22,23). The molecule has 0 saturated carbocycles. The highest BCUT2D eigenvalue weighted by Crippen LogP contribution is 2.43. The zero-order valence-corrected chi connectivity index (χ0v) is 15.2. The fourth-order valence-corrected chi connectivity index (χ4v) is 3.29. The zero-order valence-electron chi connectivity index (χ0n) is 12.8. The topological polar surface area (TPSA) is 38.3 Å². The van der Waals surface area contributed by atoms with Gasteiger partial charge >= 0.3 is 0 Å². The van der Waals surface area contributed by atoms with E-state index in [1.54, 1.807) is 0 Å². The lowest BCUT2D eigenvalue weighted by Gasteiger charge is -2.18. The first-order chi connectivity index (χ1) is 11.2. The van der Waals surface area contributed by atoms with Gasteiger partial charge in [0, 0.05) is 12.0 Å². The molecule has 1 amide bonds. The molecule has 0 aromatic heterocycles. The number of carbonyl (C=O) groups excluding carboxylic acids is 1. The maximum absolute atomic E-state index is 14.2. The average molecular weight is 417 g/mol. The van der Waals surface area contributed by atoms with E-state index in [0.29, 0.717) is 17.7 Å². The molecule has 1 aliphatic heterocycles. The maximum Gasteiger partial charge on any atom is 0.259 e. The van der Waals surface area contributed by atoms with E-state index >= 15 is 0 Å². The zero-order chi connectivity index (χ0) is 17.6. The molecule has 0 saturated heterocycles. The van der Waals surface area contributed by atoms with Crippen molar-refractivity contribution in [3.63, 3.8) is 0 Å². The number of para-hydroxylation sites is 1. The van der Waals surface area contributed by atoms with Crippen molar-refractivity contribution in [2.75, 3.05) is 5.32 Å². The molecule has 1 N–H and O–H groups in total. The lowest BCUT2D eigenvalue weighted by molar-refractivity contribution is 0.101. The first kappa shape index (κ1) is 17.2. The molecule has 1 aliphatic rings. The number of hydrogen-bond donors (Lipinski definition) is 1. The van der Waals surface area contributed by atoms with Gasteiger partial charge in [-0.3, -0.25) is 4.79 Å². The van der Waals surface area contributed by atoms with Gasteiger partial charge in [-0.15, -0.1) is 0 Å². The van der Waals surface area contributed by atoms with Crippen LogP contribution in [0.2, 0.25) is 5.02 Å². The Bertz CT molecular complexity index is 835. The fourth-order valence-electron chi connectivity index (χ4n) is 2.64. The van der Waals surface area contributed by atoms with Crippen LogP contribution in [-0.4, -0.2) is 11.5 Å². The molecule has 3 rings (SSSR count). The van der Waals surface area contributed by atoms with Crippen molar-refractivity contribution in [1.82, 2.24) is 0 Å². The lowest BCUT2D eigenvalue weighted by atomic mass is 10.00. The van der Waals surface area contributed by atoms with Gasteiger partial charge in [-0.1, -0.05) is 17.7 Å². The van der Waals surface area contributed by atoms with Gasteiger partial charge in [-0.2, -0.15) is 0 Å². The van der Waals surface area contributed by atoms with Gasteiger partial charge in [-0.25, -0.2) is 8.78 Å². The van der Waals surface area contributed by atoms with E-state index in [1.807, 2.05) is 13.8 Å². The van der Waals surface area contributed by atoms with Crippen LogP contribution in [0.4, 0.5) is 14.5 Å². The van der Waals surface area contributed by atoms with E-state index in [4.69, 9.17) is 16.3 Å². The number of rotatable bonds is 2. The molecule has 126 valence electrons. The third-order valence-corrected chi connectivity index (χ3v) is 4.86. The van der Waals surface area contributed by atoms with Crippen LogP contribution in [0.5, 0.6) is 5.75 Å². The van der Waals surface area contributed by atoms with Gasteiger partial charge < -0.3 is 10.1 Å². The van der Waals surface area contributed by atoms with Crippen LogP contribution in [0.15, 0.2) is 28.7 Å². The van der Waals surface area contributed by atoms with Crippen LogP contribution in [0.1, 0.15) is 29.8 Å². The van der Waals surface area contributed by atoms with Crippen molar-refractivity contribution < 1.29 is 18.3 Å². The highest BCUT2D eigenvalue weighted by Gasteiger charge is 2.36. The minimum Gasteiger partial charge on any atom is -0.486 e. The van der Waals surface area contributed by atoms with Crippen LogP contribution in [0.3, 0.4) is 0 Å². The molecule has 2 aromatic carbocycles. The van der Waals surface area contributed by atoms with Gasteiger partial charge in [-0.05, 0) is 48.0 Å². The molecule has 0 radical (unpaired) electrons. The van der Waals surface area contributed by atoms with Crippen molar-refractivity contribution in [1.29, 1.82) is 0 Å². The summed E-state index contributed by atoms with van der Waals surface area (Å²) in [5, 5.41) is 2.45. The van der Waals surface area contributed by atoms with E-state index < -0.39 is 23.1 Å². The summed E-state index contributed by atoms with van der Waals surface area (Å²) in [6.45, 7) is 3.68. The normalized spacial score (nSPS) is 14.9. The summed E-state index contributed by atoms with van der Waals surface area (Å²) in [6, 6.07) is 5.12. The minimum atomic E-state index is -0.692. The average Bonchev–Trinajstić information content (AvgIpc) is 2.82. The number of hydrogen-bond acceptors (Lipinski definition) is 2. The van der Waals surface area contributed by atoms with Crippen LogP contribution >= 0.6 is 27.5 Å². The summed E-state index contributed by atoms with van der Waals surface area (Å²) >= 11 is 9.10. The van der Waals surface area contributed by atoms with Crippen LogP contribution in [0.25, 0.3) is 0 Å².